The van der Waals surface area contributed by atoms with E-state index in [0.29, 0.717) is 18.1 Å². The number of aliphatic imine (C=N–C) groups is 1. The summed E-state index contributed by atoms with van der Waals surface area (Å²) in [6.45, 7) is 4.73. The molecule has 2 N–H and O–H groups in total. The van der Waals surface area contributed by atoms with Gasteiger partial charge in [-0.1, -0.05) is 49.4 Å². The lowest BCUT2D eigenvalue weighted by molar-refractivity contribution is 0.0697. The first-order valence-electron chi connectivity index (χ1n) is 11.6. The highest BCUT2D eigenvalue weighted by molar-refractivity contribution is 5.97. The molecule has 0 saturated carbocycles. The van der Waals surface area contributed by atoms with Gasteiger partial charge in [0.25, 0.3) is 0 Å². The number of nitriles is 1. The molecule has 182 valence electrons. The van der Waals surface area contributed by atoms with Gasteiger partial charge in [0.1, 0.15) is 5.82 Å². The second-order valence-electron chi connectivity index (χ2n) is 8.73. The van der Waals surface area contributed by atoms with Gasteiger partial charge in [-0.05, 0) is 47.4 Å². The Bertz CT molecular complexity index is 1490. The summed E-state index contributed by atoms with van der Waals surface area (Å²) < 4.78 is 2.20. The summed E-state index contributed by atoms with van der Waals surface area (Å²) >= 11 is 0. The predicted octanol–water partition coefficient (Wildman–Crippen LogP) is 5.13. The van der Waals surface area contributed by atoms with Crippen molar-refractivity contribution < 1.29 is 9.90 Å². The zero-order chi connectivity index (χ0) is 25.8. The van der Waals surface area contributed by atoms with Gasteiger partial charge < -0.3 is 19.9 Å². The minimum absolute atomic E-state index is 0.284. The SMILES string of the molecule is CCc1nc2c(C)cc(N/C(=N\C#N)N(C)C)cc2n1Cc1ccc(-c2ccccc2C(=O)O)cc1. The van der Waals surface area contributed by atoms with Crippen LogP contribution in [-0.4, -0.2) is 45.6 Å². The van der Waals surface area contributed by atoms with Gasteiger partial charge in [0.15, 0.2) is 0 Å². The number of carboxylic acid groups (broad SMARTS) is 1. The van der Waals surface area contributed by atoms with Crippen LogP contribution in [0.5, 0.6) is 0 Å². The van der Waals surface area contributed by atoms with E-state index < -0.39 is 5.97 Å². The van der Waals surface area contributed by atoms with Crippen molar-refractivity contribution in [2.75, 3.05) is 19.4 Å². The molecule has 3 aromatic carbocycles. The number of nitrogens with zero attached hydrogens (tertiary/aromatic N) is 5. The van der Waals surface area contributed by atoms with E-state index in [1.807, 2.05) is 75.7 Å². The molecule has 8 nitrogen and oxygen atoms in total. The standard InChI is InChI=1S/C28H28N6O2/c1-5-25-32-26-18(2)14-21(31-28(30-17-29)33(3)4)15-24(26)34(25)16-19-10-12-20(13-11-19)22-8-6-7-9-23(22)27(35)36/h6-15H,5,16H2,1-4H3,(H,30,31)(H,35,36). The fourth-order valence-electron chi connectivity index (χ4n) is 4.27. The number of guanidine groups is 1. The Morgan fingerprint density at radius 2 is 1.89 bits per heavy atom. The number of imidazole rings is 1. The molecule has 4 aromatic rings. The third kappa shape index (κ3) is 4.91. The zero-order valence-corrected chi connectivity index (χ0v) is 20.8. The van der Waals surface area contributed by atoms with Gasteiger partial charge >= 0.3 is 5.97 Å². The Hall–Kier alpha value is -4.64. The maximum Gasteiger partial charge on any atom is 0.336 e. The molecule has 0 spiro atoms. The van der Waals surface area contributed by atoms with Crippen molar-refractivity contribution in [1.29, 1.82) is 5.26 Å². The molecule has 1 heterocycles. The number of aromatic nitrogens is 2. The summed E-state index contributed by atoms with van der Waals surface area (Å²) in [6, 6.07) is 19.0. The van der Waals surface area contributed by atoms with E-state index in [-0.39, 0.29) is 5.56 Å². The van der Waals surface area contributed by atoms with Crippen molar-refractivity contribution in [3.8, 4) is 17.3 Å². The zero-order valence-electron chi connectivity index (χ0n) is 20.8. The van der Waals surface area contributed by atoms with Crippen LogP contribution in [0, 0.1) is 18.4 Å². The fourth-order valence-corrected chi connectivity index (χ4v) is 4.27. The molecule has 0 aliphatic rings. The highest BCUT2D eigenvalue weighted by atomic mass is 16.4. The minimum Gasteiger partial charge on any atom is -0.478 e. The summed E-state index contributed by atoms with van der Waals surface area (Å²) in [6.07, 6.45) is 2.62. The Morgan fingerprint density at radius 3 is 2.53 bits per heavy atom. The fraction of sp³-hybridized carbons (Fsp3) is 0.214. The van der Waals surface area contributed by atoms with Gasteiger partial charge in [0.05, 0.1) is 16.6 Å². The molecule has 8 heteroatoms. The first-order valence-corrected chi connectivity index (χ1v) is 11.6. The largest absolute Gasteiger partial charge is 0.478 e. The summed E-state index contributed by atoms with van der Waals surface area (Å²) in [5, 5.41) is 21.8. The molecule has 0 fully saturated rings. The number of anilines is 1. The van der Waals surface area contributed by atoms with Crippen LogP contribution in [0.1, 0.15) is 34.2 Å². The smallest absolute Gasteiger partial charge is 0.336 e. The molecule has 0 aliphatic carbocycles. The second-order valence-corrected chi connectivity index (χ2v) is 8.73. The van der Waals surface area contributed by atoms with Crippen LogP contribution >= 0.6 is 0 Å². The molecule has 0 bridgehead atoms. The van der Waals surface area contributed by atoms with Crippen molar-refractivity contribution in [3.05, 3.63) is 83.2 Å². The number of aryl methyl sites for hydroxylation is 2. The predicted molar refractivity (Wildman–Crippen MR) is 142 cm³/mol. The maximum absolute atomic E-state index is 11.6. The van der Waals surface area contributed by atoms with Crippen LogP contribution in [0.15, 0.2) is 65.7 Å². The number of aromatic carboxylic acids is 1. The van der Waals surface area contributed by atoms with Gasteiger partial charge in [0.2, 0.25) is 12.2 Å². The normalized spacial score (nSPS) is 11.4. The number of carbonyl (C=O) groups is 1. The Balaban J connectivity index is 1.70. The summed E-state index contributed by atoms with van der Waals surface area (Å²) in [4.78, 5) is 22.1. The van der Waals surface area contributed by atoms with Crippen LogP contribution in [0.3, 0.4) is 0 Å². The molecular formula is C28H28N6O2. The number of nitrogens with one attached hydrogen (secondary N) is 1. The molecule has 1 aromatic heterocycles. The average molecular weight is 481 g/mol. The monoisotopic (exact) mass is 480 g/mol. The molecule has 0 atom stereocenters. The van der Waals surface area contributed by atoms with Crippen molar-refractivity contribution in [3.63, 3.8) is 0 Å². The number of benzene rings is 3. The second kappa shape index (κ2) is 10.3. The average Bonchev–Trinajstić information content (AvgIpc) is 3.22. The Kier molecular flexibility index (Phi) is 7.02. The molecule has 0 aliphatic heterocycles. The molecule has 36 heavy (non-hydrogen) atoms. The van der Waals surface area contributed by atoms with E-state index in [1.54, 1.807) is 17.0 Å². The molecule has 0 radical (unpaired) electrons. The van der Waals surface area contributed by atoms with Crippen molar-refractivity contribution in [2.45, 2.75) is 26.8 Å². The quantitative estimate of drug-likeness (QED) is 0.225. The van der Waals surface area contributed by atoms with Crippen LogP contribution in [0.25, 0.3) is 22.2 Å². The van der Waals surface area contributed by atoms with Gasteiger partial charge in [-0.2, -0.15) is 5.26 Å². The van der Waals surface area contributed by atoms with Crippen LogP contribution in [-0.2, 0) is 13.0 Å². The third-order valence-corrected chi connectivity index (χ3v) is 6.04. The van der Waals surface area contributed by atoms with E-state index in [2.05, 4.69) is 21.8 Å². The number of rotatable bonds is 6. The van der Waals surface area contributed by atoms with E-state index in [1.165, 1.54) is 0 Å². The molecule has 0 amide bonds. The third-order valence-electron chi connectivity index (χ3n) is 6.04. The summed E-state index contributed by atoms with van der Waals surface area (Å²) in [5.41, 5.74) is 6.70. The van der Waals surface area contributed by atoms with Crippen molar-refractivity contribution >= 4 is 28.6 Å². The summed E-state index contributed by atoms with van der Waals surface area (Å²) in [7, 11) is 3.65. The lowest BCUT2D eigenvalue weighted by atomic mass is 9.99. The summed E-state index contributed by atoms with van der Waals surface area (Å²) in [5.74, 6) is 0.489. The Morgan fingerprint density at radius 1 is 1.17 bits per heavy atom. The lowest BCUT2D eigenvalue weighted by Crippen LogP contribution is -2.29. The number of hydrogen-bond donors (Lipinski definition) is 2. The van der Waals surface area contributed by atoms with Crippen molar-refractivity contribution in [2.24, 2.45) is 4.99 Å². The van der Waals surface area contributed by atoms with E-state index in [4.69, 9.17) is 10.2 Å². The van der Waals surface area contributed by atoms with Crippen LogP contribution in [0.2, 0.25) is 0 Å². The van der Waals surface area contributed by atoms with Gasteiger partial charge in [-0.25, -0.2) is 9.78 Å². The van der Waals surface area contributed by atoms with Crippen LogP contribution in [0.4, 0.5) is 5.69 Å². The highest BCUT2D eigenvalue weighted by Crippen LogP contribution is 2.28. The first kappa shape index (κ1) is 24.5. The number of hydrogen-bond acceptors (Lipinski definition) is 4. The number of fused-ring (bicyclic) bond motifs is 1. The van der Waals surface area contributed by atoms with Crippen molar-refractivity contribution in [1.82, 2.24) is 14.5 Å². The molecule has 4 rings (SSSR count). The molecule has 0 saturated heterocycles. The lowest BCUT2D eigenvalue weighted by Gasteiger charge is -2.17. The molecular weight excluding hydrogens is 452 g/mol. The van der Waals surface area contributed by atoms with Crippen LogP contribution < -0.4 is 5.32 Å². The van der Waals surface area contributed by atoms with Gasteiger partial charge in [0, 0.05) is 32.7 Å². The first-order chi connectivity index (χ1) is 17.3. The minimum atomic E-state index is -0.941. The van der Waals surface area contributed by atoms with Gasteiger partial charge in [-0.3, -0.25) is 0 Å². The van der Waals surface area contributed by atoms with E-state index in [0.717, 1.165) is 45.7 Å². The number of carboxylic acids is 1. The molecule has 0 unspecified atom stereocenters. The topological polar surface area (TPSA) is 107 Å². The van der Waals surface area contributed by atoms with E-state index in [9.17, 15) is 9.90 Å². The van der Waals surface area contributed by atoms with E-state index >= 15 is 0 Å². The Labute approximate surface area is 210 Å². The maximum atomic E-state index is 11.6. The highest BCUT2D eigenvalue weighted by Gasteiger charge is 2.15. The van der Waals surface area contributed by atoms with Gasteiger partial charge in [-0.15, -0.1) is 4.99 Å².